The number of carbonyl (C=O) groups excluding carboxylic acids is 1. The Kier molecular flexibility index (Phi) is 3.89. The second kappa shape index (κ2) is 4.66. The minimum atomic E-state index is -3.55. The van der Waals surface area contributed by atoms with Gasteiger partial charge in [0.05, 0.1) is 24.4 Å². The Labute approximate surface area is 94.6 Å². The SMILES string of the molecule is CC1(C(=O)NCCS(N)(=O)=O)COCC1N. The lowest BCUT2D eigenvalue weighted by atomic mass is 9.85. The van der Waals surface area contributed by atoms with Gasteiger partial charge in [0.15, 0.2) is 0 Å². The summed E-state index contributed by atoms with van der Waals surface area (Å²) in [5.41, 5.74) is 4.95. The molecule has 94 valence electrons. The van der Waals surface area contributed by atoms with Gasteiger partial charge in [0, 0.05) is 12.6 Å². The molecule has 1 aliphatic heterocycles. The molecule has 0 aromatic carbocycles. The lowest BCUT2D eigenvalue weighted by Gasteiger charge is -2.25. The zero-order valence-electron chi connectivity index (χ0n) is 9.10. The first-order valence-electron chi connectivity index (χ1n) is 4.88. The fourth-order valence-electron chi connectivity index (χ4n) is 1.43. The van der Waals surface area contributed by atoms with Crippen molar-refractivity contribution in [1.29, 1.82) is 0 Å². The number of hydrogen-bond acceptors (Lipinski definition) is 5. The zero-order valence-corrected chi connectivity index (χ0v) is 9.92. The molecule has 16 heavy (non-hydrogen) atoms. The molecule has 0 aliphatic carbocycles. The summed E-state index contributed by atoms with van der Waals surface area (Å²) in [6, 6.07) is -0.373. The minimum absolute atomic E-state index is 0.0139. The number of primary sulfonamides is 1. The number of ether oxygens (including phenoxy) is 1. The van der Waals surface area contributed by atoms with Gasteiger partial charge in [-0.15, -0.1) is 0 Å². The molecule has 0 radical (unpaired) electrons. The van der Waals surface area contributed by atoms with Gasteiger partial charge in [0.2, 0.25) is 15.9 Å². The van der Waals surface area contributed by atoms with Gasteiger partial charge in [-0.05, 0) is 6.92 Å². The van der Waals surface area contributed by atoms with E-state index in [4.69, 9.17) is 15.6 Å². The molecule has 0 spiro atoms. The molecule has 2 atom stereocenters. The third-order valence-corrected chi connectivity index (χ3v) is 3.48. The molecule has 0 aromatic rings. The molecule has 0 saturated carbocycles. The van der Waals surface area contributed by atoms with E-state index < -0.39 is 15.4 Å². The molecule has 1 aliphatic rings. The highest BCUT2D eigenvalue weighted by Gasteiger charge is 2.44. The molecule has 1 saturated heterocycles. The Morgan fingerprint density at radius 3 is 2.69 bits per heavy atom. The van der Waals surface area contributed by atoms with Gasteiger partial charge in [0.25, 0.3) is 0 Å². The van der Waals surface area contributed by atoms with Crippen LogP contribution >= 0.6 is 0 Å². The van der Waals surface area contributed by atoms with Gasteiger partial charge in [-0.3, -0.25) is 4.79 Å². The molecule has 1 amide bonds. The largest absolute Gasteiger partial charge is 0.379 e. The number of hydrogen-bond donors (Lipinski definition) is 3. The number of sulfonamides is 1. The van der Waals surface area contributed by atoms with E-state index in [0.717, 1.165) is 0 Å². The van der Waals surface area contributed by atoms with Crippen molar-refractivity contribution in [2.75, 3.05) is 25.5 Å². The Balaban J connectivity index is 2.47. The van der Waals surface area contributed by atoms with Crippen LogP contribution in [0.4, 0.5) is 0 Å². The highest BCUT2D eigenvalue weighted by molar-refractivity contribution is 7.89. The predicted molar refractivity (Wildman–Crippen MR) is 57.9 cm³/mol. The Hall–Kier alpha value is -0.700. The molecule has 1 fully saturated rings. The maximum Gasteiger partial charge on any atom is 0.229 e. The quantitative estimate of drug-likeness (QED) is 0.521. The number of carbonyl (C=O) groups is 1. The van der Waals surface area contributed by atoms with E-state index in [0.29, 0.717) is 6.61 Å². The summed E-state index contributed by atoms with van der Waals surface area (Å²) < 4.78 is 26.4. The summed E-state index contributed by atoms with van der Waals surface area (Å²) in [7, 11) is -3.55. The number of amides is 1. The van der Waals surface area contributed by atoms with Crippen LogP contribution in [0, 0.1) is 5.41 Å². The first kappa shape index (κ1) is 13.4. The minimum Gasteiger partial charge on any atom is -0.379 e. The Bertz CT molecular complexity index is 369. The van der Waals surface area contributed by atoms with Gasteiger partial charge >= 0.3 is 0 Å². The van der Waals surface area contributed by atoms with Crippen molar-refractivity contribution in [3.8, 4) is 0 Å². The van der Waals surface area contributed by atoms with Crippen molar-refractivity contribution in [1.82, 2.24) is 5.32 Å². The van der Waals surface area contributed by atoms with Gasteiger partial charge < -0.3 is 15.8 Å². The van der Waals surface area contributed by atoms with Crippen molar-refractivity contribution in [2.45, 2.75) is 13.0 Å². The topological polar surface area (TPSA) is 125 Å². The second-order valence-corrected chi connectivity index (χ2v) is 5.90. The average molecular weight is 251 g/mol. The van der Waals surface area contributed by atoms with Crippen LogP contribution in [-0.2, 0) is 19.6 Å². The molecular weight excluding hydrogens is 234 g/mol. The van der Waals surface area contributed by atoms with E-state index >= 15 is 0 Å². The molecule has 0 aromatic heterocycles. The van der Waals surface area contributed by atoms with E-state index in [-0.39, 0.29) is 30.9 Å². The van der Waals surface area contributed by atoms with Crippen LogP contribution < -0.4 is 16.2 Å². The van der Waals surface area contributed by atoms with E-state index in [1.54, 1.807) is 6.92 Å². The number of rotatable bonds is 4. The molecule has 1 heterocycles. The molecule has 2 unspecified atom stereocenters. The van der Waals surface area contributed by atoms with Crippen molar-refractivity contribution in [2.24, 2.45) is 16.3 Å². The first-order valence-corrected chi connectivity index (χ1v) is 6.59. The van der Waals surface area contributed by atoms with Crippen molar-refractivity contribution in [3.05, 3.63) is 0 Å². The normalized spacial score (nSPS) is 30.3. The van der Waals surface area contributed by atoms with Crippen LogP contribution in [0.3, 0.4) is 0 Å². The van der Waals surface area contributed by atoms with E-state index in [2.05, 4.69) is 5.32 Å². The third kappa shape index (κ3) is 3.14. The summed E-state index contributed by atoms with van der Waals surface area (Å²) in [6.45, 7) is 2.26. The summed E-state index contributed by atoms with van der Waals surface area (Å²) in [5, 5.41) is 7.30. The fraction of sp³-hybridized carbons (Fsp3) is 0.875. The van der Waals surface area contributed by atoms with Gasteiger partial charge in [0.1, 0.15) is 0 Å². The van der Waals surface area contributed by atoms with Crippen LogP contribution in [-0.4, -0.2) is 45.9 Å². The number of nitrogens with one attached hydrogen (secondary N) is 1. The standard InChI is InChI=1S/C8H17N3O4S/c1-8(5-15-4-6(8)9)7(12)11-2-3-16(10,13)14/h6H,2-5,9H2,1H3,(H,11,12)(H2,10,13,14). The van der Waals surface area contributed by atoms with E-state index in [1.807, 2.05) is 0 Å². The van der Waals surface area contributed by atoms with Gasteiger partial charge in [-0.1, -0.05) is 0 Å². The molecule has 5 N–H and O–H groups in total. The lowest BCUT2D eigenvalue weighted by molar-refractivity contribution is -0.130. The Morgan fingerprint density at radius 1 is 1.62 bits per heavy atom. The van der Waals surface area contributed by atoms with Crippen molar-refractivity contribution >= 4 is 15.9 Å². The summed E-state index contributed by atoms with van der Waals surface area (Å²) >= 11 is 0. The fourth-order valence-corrected chi connectivity index (χ4v) is 1.82. The lowest BCUT2D eigenvalue weighted by Crippen LogP contribution is -2.50. The van der Waals surface area contributed by atoms with Crippen LogP contribution in [0.25, 0.3) is 0 Å². The monoisotopic (exact) mass is 251 g/mol. The van der Waals surface area contributed by atoms with Gasteiger partial charge in [-0.25, -0.2) is 13.6 Å². The van der Waals surface area contributed by atoms with E-state index in [9.17, 15) is 13.2 Å². The summed E-state index contributed by atoms with van der Waals surface area (Å²) in [6.07, 6.45) is 0. The van der Waals surface area contributed by atoms with Crippen LogP contribution in [0.5, 0.6) is 0 Å². The van der Waals surface area contributed by atoms with E-state index in [1.165, 1.54) is 0 Å². The second-order valence-electron chi connectivity index (χ2n) is 4.16. The highest BCUT2D eigenvalue weighted by atomic mass is 32.2. The Morgan fingerprint density at radius 2 is 2.25 bits per heavy atom. The average Bonchev–Trinajstić information content (AvgIpc) is 2.46. The zero-order chi connectivity index (χ0) is 12.4. The van der Waals surface area contributed by atoms with Crippen LogP contribution in [0.1, 0.15) is 6.92 Å². The molecule has 7 nitrogen and oxygen atoms in total. The third-order valence-electron chi connectivity index (χ3n) is 2.71. The predicted octanol–water partition coefficient (Wildman–Crippen LogP) is -2.25. The van der Waals surface area contributed by atoms with Gasteiger partial charge in [-0.2, -0.15) is 0 Å². The maximum absolute atomic E-state index is 11.8. The summed E-state index contributed by atoms with van der Waals surface area (Å²) in [4.78, 5) is 11.8. The molecule has 0 bridgehead atoms. The smallest absolute Gasteiger partial charge is 0.229 e. The maximum atomic E-state index is 11.8. The van der Waals surface area contributed by atoms with Crippen LogP contribution in [0.15, 0.2) is 0 Å². The van der Waals surface area contributed by atoms with Crippen molar-refractivity contribution in [3.63, 3.8) is 0 Å². The molecule has 1 rings (SSSR count). The molecular formula is C8H17N3O4S. The summed E-state index contributed by atoms with van der Waals surface area (Å²) in [5.74, 6) is -0.591. The van der Waals surface area contributed by atoms with Crippen LogP contribution in [0.2, 0.25) is 0 Å². The molecule has 8 heteroatoms. The highest BCUT2D eigenvalue weighted by Crippen LogP contribution is 2.26. The first-order chi connectivity index (χ1) is 7.26. The number of nitrogens with two attached hydrogens (primary N) is 2. The van der Waals surface area contributed by atoms with Crippen molar-refractivity contribution < 1.29 is 17.9 Å².